The van der Waals surface area contributed by atoms with Crippen LogP contribution in [0.2, 0.25) is 0 Å². The molecule has 1 saturated heterocycles. The first kappa shape index (κ1) is 11.2. The van der Waals surface area contributed by atoms with E-state index in [1.165, 1.54) is 5.69 Å². The highest BCUT2D eigenvalue weighted by Gasteiger charge is 2.23. The highest BCUT2D eigenvalue weighted by atomic mass is 32.1. The molecule has 1 heterocycles. The molecule has 2 rings (SSSR count). The van der Waals surface area contributed by atoms with Crippen molar-refractivity contribution in [1.82, 2.24) is 4.90 Å². The van der Waals surface area contributed by atoms with Gasteiger partial charge in [-0.05, 0) is 31.3 Å². The van der Waals surface area contributed by atoms with Crippen LogP contribution in [0.1, 0.15) is 6.92 Å². The standard InChI is InChI=1S/C12H17N3S/c1-10-9-14(12(13)16)7-8-15(10)11-5-3-2-4-6-11/h2-6,10H,7-9H2,1H3,(H2,13,16). The lowest BCUT2D eigenvalue weighted by molar-refractivity contribution is 0.340. The second-order valence-corrected chi connectivity index (χ2v) is 4.58. The zero-order chi connectivity index (χ0) is 11.5. The van der Waals surface area contributed by atoms with Gasteiger partial charge in [0.25, 0.3) is 0 Å². The number of hydrogen-bond donors (Lipinski definition) is 1. The van der Waals surface area contributed by atoms with Crippen molar-refractivity contribution in [2.75, 3.05) is 24.5 Å². The summed E-state index contributed by atoms with van der Waals surface area (Å²) in [5.74, 6) is 0. The molecule has 1 fully saturated rings. The summed E-state index contributed by atoms with van der Waals surface area (Å²) in [5, 5.41) is 0.513. The molecule has 0 aliphatic carbocycles. The molecule has 86 valence electrons. The van der Waals surface area contributed by atoms with E-state index in [1.54, 1.807) is 0 Å². The molecular formula is C12H17N3S. The number of anilines is 1. The molecule has 2 N–H and O–H groups in total. The van der Waals surface area contributed by atoms with E-state index in [9.17, 15) is 0 Å². The Morgan fingerprint density at radius 1 is 1.31 bits per heavy atom. The molecule has 0 spiro atoms. The van der Waals surface area contributed by atoms with Gasteiger partial charge in [0.2, 0.25) is 0 Å². The van der Waals surface area contributed by atoms with E-state index < -0.39 is 0 Å². The minimum atomic E-state index is 0.442. The zero-order valence-electron chi connectivity index (χ0n) is 9.47. The molecule has 0 saturated carbocycles. The average molecular weight is 235 g/mol. The maximum atomic E-state index is 5.65. The molecule has 0 bridgehead atoms. The molecule has 16 heavy (non-hydrogen) atoms. The summed E-state index contributed by atoms with van der Waals surface area (Å²) in [6.45, 7) is 5.00. The fraction of sp³-hybridized carbons (Fsp3) is 0.417. The Bertz CT molecular complexity index is 366. The summed E-state index contributed by atoms with van der Waals surface area (Å²) in [6, 6.07) is 10.9. The van der Waals surface area contributed by atoms with Crippen LogP contribution in [0, 0.1) is 0 Å². The zero-order valence-corrected chi connectivity index (χ0v) is 10.3. The minimum absolute atomic E-state index is 0.442. The Balaban J connectivity index is 2.08. The fourth-order valence-corrected chi connectivity index (χ4v) is 2.33. The summed E-state index contributed by atoms with van der Waals surface area (Å²) in [7, 11) is 0. The molecule has 1 unspecified atom stereocenters. The van der Waals surface area contributed by atoms with Gasteiger partial charge in [-0.3, -0.25) is 0 Å². The topological polar surface area (TPSA) is 32.5 Å². The Kier molecular flexibility index (Phi) is 3.29. The third-order valence-electron chi connectivity index (χ3n) is 3.03. The van der Waals surface area contributed by atoms with Gasteiger partial charge in [-0.25, -0.2) is 0 Å². The van der Waals surface area contributed by atoms with E-state index in [2.05, 4.69) is 41.0 Å². The van der Waals surface area contributed by atoms with Crippen molar-refractivity contribution >= 4 is 23.0 Å². The molecule has 1 aliphatic rings. The number of rotatable bonds is 1. The van der Waals surface area contributed by atoms with Crippen molar-refractivity contribution in [1.29, 1.82) is 0 Å². The largest absolute Gasteiger partial charge is 0.376 e. The van der Waals surface area contributed by atoms with Crippen LogP contribution in [-0.4, -0.2) is 35.7 Å². The molecule has 1 atom stereocenters. The van der Waals surface area contributed by atoms with Crippen LogP contribution in [-0.2, 0) is 0 Å². The van der Waals surface area contributed by atoms with Gasteiger partial charge in [0.15, 0.2) is 5.11 Å². The SMILES string of the molecule is CC1CN(C(N)=S)CCN1c1ccccc1. The number of hydrogen-bond acceptors (Lipinski definition) is 2. The van der Waals surface area contributed by atoms with Gasteiger partial charge >= 0.3 is 0 Å². The number of nitrogens with zero attached hydrogens (tertiary/aromatic N) is 2. The van der Waals surface area contributed by atoms with E-state index in [-0.39, 0.29) is 0 Å². The Hall–Kier alpha value is -1.29. The first-order valence-electron chi connectivity index (χ1n) is 5.54. The summed E-state index contributed by atoms with van der Waals surface area (Å²) in [5.41, 5.74) is 6.93. The van der Waals surface area contributed by atoms with Crippen molar-refractivity contribution in [2.24, 2.45) is 5.73 Å². The van der Waals surface area contributed by atoms with Gasteiger partial charge in [0.05, 0.1) is 0 Å². The molecule has 1 aliphatic heterocycles. The van der Waals surface area contributed by atoms with Crippen molar-refractivity contribution in [3.8, 4) is 0 Å². The second kappa shape index (κ2) is 4.70. The number of piperazine rings is 1. The maximum absolute atomic E-state index is 5.65. The smallest absolute Gasteiger partial charge is 0.166 e. The summed E-state index contributed by atoms with van der Waals surface area (Å²) < 4.78 is 0. The van der Waals surface area contributed by atoms with Crippen LogP contribution in [0.4, 0.5) is 5.69 Å². The van der Waals surface area contributed by atoms with E-state index in [0.29, 0.717) is 11.2 Å². The van der Waals surface area contributed by atoms with Crippen molar-refractivity contribution < 1.29 is 0 Å². The summed E-state index contributed by atoms with van der Waals surface area (Å²) in [4.78, 5) is 4.47. The highest BCUT2D eigenvalue weighted by Crippen LogP contribution is 2.19. The van der Waals surface area contributed by atoms with Gasteiger partial charge in [-0.15, -0.1) is 0 Å². The molecule has 0 aromatic heterocycles. The molecule has 1 aromatic rings. The quantitative estimate of drug-likeness (QED) is 0.747. The lowest BCUT2D eigenvalue weighted by Gasteiger charge is -2.41. The normalized spacial score (nSPS) is 20.9. The van der Waals surface area contributed by atoms with Crippen LogP contribution >= 0.6 is 12.2 Å². The lowest BCUT2D eigenvalue weighted by atomic mass is 10.1. The van der Waals surface area contributed by atoms with Gasteiger partial charge in [-0.1, -0.05) is 18.2 Å². The Labute approximate surface area is 102 Å². The third kappa shape index (κ3) is 2.27. The summed E-state index contributed by atoms with van der Waals surface area (Å²) >= 11 is 5.01. The second-order valence-electron chi connectivity index (χ2n) is 4.16. The highest BCUT2D eigenvalue weighted by molar-refractivity contribution is 7.80. The van der Waals surface area contributed by atoms with Gasteiger partial charge < -0.3 is 15.5 Å². The van der Waals surface area contributed by atoms with Gasteiger partial charge in [-0.2, -0.15) is 0 Å². The average Bonchev–Trinajstić information content (AvgIpc) is 2.30. The van der Waals surface area contributed by atoms with Crippen LogP contribution in [0.15, 0.2) is 30.3 Å². The number of benzene rings is 1. The van der Waals surface area contributed by atoms with E-state index in [0.717, 1.165) is 19.6 Å². The van der Waals surface area contributed by atoms with E-state index >= 15 is 0 Å². The molecule has 0 amide bonds. The van der Waals surface area contributed by atoms with Crippen LogP contribution in [0.3, 0.4) is 0 Å². The fourth-order valence-electron chi connectivity index (χ4n) is 2.16. The first-order chi connectivity index (χ1) is 7.68. The lowest BCUT2D eigenvalue weighted by Crippen LogP contribution is -2.55. The molecule has 0 radical (unpaired) electrons. The number of para-hydroxylation sites is 1. The number of thiocarbonyl (C=S) groups is 1. The molecule has 1 aromatic carbocycles. The van der Waals surface area contributed by atoms with Gasteiger partial charge in [0.1, 0.15) is 0 Å². The summed E-state index contributed by atoms with van der Waals surface area (Å²) in [6.07, 6.45) is 0. The Morgan fingerprint density at radius 3 is 2.56 bits per heavy atom. The number of nitrogens with two attached hydrogens (primary N) is 1. The third-order valence-corrected chi connectivity index (χ3v) is 3.29. The molecular weight excluding hydrogens is 218 g/mol. The van der Waals surface area contributed by atoms with Crippen LogP contribution < -0.4 is 10.6 Å². The van der Waals surface area contributed by atoms with E-state index in [4.69, 9.17) is 18.0 Å². The van der Waals surface area contributed by atoms with Crippen molar-refractivity contribution in [3.63, 3.8) is 0 Å². The van der Waals surface area contributed by atoms with Crippen molar-refractivity contribution in [2.45, 2.75) is 13.0 Å². The van der Waals surface area contributed by atoms with Crippen molar-refractivity contribution in [3.05, 3.63) is 30.3 Å². The maximum Gasteiger partial charge on any atom is 0.166 e. The Morgan fingerprint density at radius 2 is 2.00 bits per heavy atom. The minimum Gasteiger partial charge on any atom is -0.376 e. The predicted octanol–water partition coefficient (Wildman–Crippen LogP) is 1.44. The first-order valence-corrected chi connectivity index (χ1v) is 5.95. The van der Waals surface area contributed by atoms with Crippen LogP contribution in [0.5, 0.6) is 0 Å². The monoisotopic (exact) mass is 235 g/mol. The van der Waals surface area contributed by atoms with Crippen LogP contribution in [0.25, 0.3) is 0 Å². The van der Waals surface area contributed by atoms with Gasteiger partial charge in [0, 0.05) is 31.4 Å². The molecule has 4 heteroatoms. The predicted molar refractivity (Wildman–Crippen MR) is 71.6 cm³/mol. The molecule has 3 nitrogen and oxygen atoms in total. The van der Waals surface area contributed by atoms with E-state index in [1.807, 2.05) is 6.07 Å².